The fourth-order valence-electron chi connectivity index (χ4n) is 2.70. The number of aromatic carboxylic acids is 1. The Morgan fingerprint density at radius 3 is 2.48 bits per heavy atom. The van der Waals surface area contributed by atoms with Crippen LogP contribution >= 0.6 is 39.7 Å². The molecule has 0 aromatic heterocycles. The molecule has 1 saturated heterocycles. The van der Waals surface area contributed by atoms with Crippen molar-refractivity contribution in [3.63, 3.8) is 0 Å². The third kappa shape index (κ3) is 6.68. The van der Waals surface area contributed by atoms with Gasteiger partial charge in [-0.2, -0.15) is 5.26 Å². The molecule has 0 bridgehead atoms. The van der Waals surface area contributed by atoms with Gasteiger partial charge >= 0.3 is 5.97 Å². The van der Waals surface area contributed by atoms with Crippen LogP contribution in [0, 0.1) is 11.3 Å². The highest BCUT2D eigenvalue weighted by Crippen LogP contribution is 2.24. The van der Waals surface area contributed by atoms with E-state index in [0.29, 0.717) is 11.3 Å². The SMILES string of the molecule is CN1CCN(c2ccc(C#N)c(Br)c2)CC1.O=C(O)c1ccc(NC=S)cc1Cl. The van der Waals surface area contributed by atoms with Gasteiger partial charge in [-0.25, -0.2) is 4.79 Å². The van der Waals surface area contributed by atoms with Gasteiger partial charge in [-0.15, -0.1) is 0 Å². The first kappa shape index (κ1) is 23.1. The lowest BCUT2D eigenvalue weighted by atomic mass is 10.2. The topological polar surface area (TPSA) is 79.6 Å². The van der Waals surface area contributed by atoms with Crippen LogP contribution in [-0.4, -0.2) is 54.7 Å². The van der Waals surface area contributed by atoms with Crippen molar-refractivity contribution in [3.05, 3.63) is 57.0 Å². The monoisotopic (exact) mass is 494 g/mol. The van der Waals surface area contributed by atoms with Crippen molar-refractivity contribution in [3.8, 4) is 6.07 Å². The molecule has 2 aromatic carbocycles. The summed E-state index contributed by atoms with van der Waals surface area (Å²) in [5.41, 5.74) is 3.96. The van der Waals surface area contributed by atoms with Crippen molar-refractivity contribution >= 4 is 62.6 Å². The van der Waals surface area contributed by atoms with Gasteiger partial charge in [0, 0.05) is 42.0 Å². The number of rotatable bonds is 4. The molecular formula is C20H20BrClN4O2S. The van der Waals surface area contributed by atoms with Crippen molar-refractivity contribution in [1.82, 2.24) is 4.90 Å². The molecule has 9 heteroatoms. The summed E-state index contributed by atoms with van der Waals surface area (Å²) in [6.07, 6.45) is 0. The maximum absolute atomic E-state index is 10.6. The summed E-state index contributed by atoms with van der Waals surface area (Å²) in [4.78, 5) is 15.2. The van der Waals surface area contributed by atoms with E-state index in [0.717, 1.165) is 30.7 Å². The summed E-state index contributed by atoms with van der Waals surface area (Å²) in [6, 6.07) is 12.6. The van der Waals surface area contributed by atoms with Crippen LogP contribution in [0.25, 0.3) is 0 Å². The Kier molecular flexibility index (Phi) is 8.86. The predicted octanol–water partition coefficient (Wildman–Crippen LogP) is 4.48. The molecular weight excluding hydrogens is 476 g/mol. The Bertz CT molecular complexity index is 927. The number of benzene rings is 2. The second-order valence-electron chi connectivity index (χ2n) is 6.33. The van der Waals surface area contributed by atoms with E-state index in [-0.39, 0.29) is 10.6 Å². The number of likely N-dealkylation sites (N-methyl/N-ethyl adjacent to an activating group) is 1. The Balaban J connectivity index is 0.000000212. The summed E-state index contributed by atoms with van der Waals surface area (Å²) >= 11 is 13.7. The predicted molar refractivity (Wildman–Crippen MR) is 124 cm³/mol. The van der Waals surface area contributed by atoms with E-state index < -0.39 is 5.97 Å². The van der Waals surface area contributed by atoms with E-state index in [1.165, 1.54) is 23.3 Å². The quantitative estimate of drug-likeness (QED) is 0.605. The lowest BCUT2D eigenvalue weighted by molar-refractivity contribution is 0.0697. The number of anilines is 2. The zero-order chi connectivity index (χ0) is 21.4. The smallest absolute Gasteiger partial charge is 0.337 e. The zero-order valence-electron chi connectivity index (χ0n) is 15.7. The number of nitriles is 1. The minimum Gasteiger partial charge on any atom is -0.478 e. The molecule has 29 heavy (non-hydrogen) atoms. The molecule has 0 unspecified atom stereocenters. The number of carboxylic acid groups (broad SMARTS) is 1. The maximum atomic E-state index is 10.6. The van der Waals surface area contributed by atoms with Gasteiger partial charge in [0.05, 0.1) is 21.6 Å². The van der Waals surface area contributed by atoms with E-state index in [1.54, 1.807) is 6.07 Å². The third-order valence-electron chi connectivity index (χ3n) is 4.37. The Morgan fingerprint density at radius 2 is 1.97 bits per heavy atom. The molecule has 0 amide bonds. The van der Waals surface area contributed by atoms with Crippen LogP contribution in [0.1, 0.15) is 15.9 Å². The molecule has 2 N–H and O–H groups in total. The fraction of sp³-hybridized carbons (Fsp3) is 0.250. The van der Waals surface area contributed by atoms with Gasteiger partial charge in [0.15, 0.2) is 0 Å². The molecule has 0 aliphatic carbocycles. The van der Waals surface area contributed by atoms with Crippen LogP contribution in [0.2, 0.25) is 5.02 Å². The summed E-state index contributed by atoms with van der Waals surface area (Å²) < 4.78 is 0.881. The number of nitrogens with one attached hydrogen (secondary N) is 1. The molecule has 0 atom stereocenters. The highest BCUT2D eigenvalue weighted by atomic mass is 79.9. The van der Waals surface area contributed by atoms with E-state index in [4.69, 9.17) is 22.0 Å². The minimum atomic E-state index is -1.04. The van der Waals surface area contributed by atoms with Gasteiger partial charge in [-0.1, -0.05) is 23.8 Å². The number of halogens is 2. The second-order valence-corrected chi connectivity index (χ2v) is 7.83. The first-order valence-electron chi connectivity index (χ1n) is 8.72. The second kappa shape index (κ2) is 11.1. The van der Waals surface area contributed by atoms with Gasteiger partial charge in [0.1, 0.15) is 6.07 Å². The summed E-state index contributed by atoms with van der Waals surface area (Å²) in [7, 11) is 2.14. The number of carbonyl (C=O) groups is 1. The van der Waals surface area contributed by atoms with Gasteiger partial charge in [0.25, 0.3) is 0 Å². The lowest BCUT2D eigenvalue weighted by Gasteiger charge is -2.34. The first-order valence-corrected chi connectivity index (χ1v) is 10.4. The van der Waals surface area contributed by atoms with Gasteiger partial charge in [-0.3, -0.25) is 0 Å². The molecule has 0 spiro atoms. The van der Waals surface area contributed by atoms with Crippen molar-refractivity contribution in [2.75, 3.05) is 43.4 Å². The largest absolute Gasteiger partial charge is 0.478 e. The van der Waals surface area contributed by atoms with E-state index in [9.17, 15) is 4.79 Å². The number of carboxylic acids is 1. The Morgan fingerprint density at radius 1 is 1.28 bits per heavy atom. The van der Waals surface area contributed by atoms with Crippen LogP contribution in [0.3, 0.4) is 0 Å². The van der Waals surface area contributed by atoms with Crippen LogP contribution in [0.15, 0.2) is 40.9 Å². The standard InChI is InChI=1S/C12H14BrN3.C8H6ClNO2S/c1-15-4-6-16(7-5-15)11-3-2-10(9-14)12(13)8-11;9-7-3-5(10-4-13)1-2-6(7)8(11)12/h2-3,8H,4-7H2,1H3;1-4H,(H,10,13)(H,11,12). The minimum absolute atomic E-state index is 0.0802. The van der Waals surface area contributed by atoms with Crippen molar-refractivity contribution < 1.29 is 9.90 Å². The fourth-order valence-corrected chi connectivity index (χ4v) is 3.56. The van der Waals surface area contributed by atoms with Crippen molar-refractivity contribution in [1.29, 1.82) is 5.26 Å². The van der Waals surface area contributed by atoms with Crippen molar-refractivity contribution in [2.24, 2.45) is 0 Å². The molecule has 0 saturated carbocycles. The number of nitrogens with zero attached hydrogens (tertiary/aromatic N) is 3. The number of piperazine rings is 1. The molecule has 1 aliphatic heterocycles. The molecule has 3 rings (SSSR count). The van der Waals surface area contributed by atoms with Crippen LogP contribution < -0.4 is 10.2 Å². The molecule has 1 aliphatic rings. The Hall–Kier alpha value is -2.18. The van der Waals surface area contributed by atoms with Gasteiger partial charge in [0.2, 0.25) is 0 Å². The normalized spacial score (nSPS) is 13.7. The van der Waals surface area contributed by atoms with Crippen LogP contribution in [0.5, 0.6) is 0 Å². The van der Waals surface area contributed by atoms with E-state index in [1.807, 2.05) is 18.2 Å². The van der Waals surface area contributed by atoms with Crippen molar-refractivity contribution in [2.45, 2.75) is 0 Å². The zero-order valence-corrected chi connectivity index (χ0v) is 18.9. The molecule has 1 fully saturated rings. The summed E-state index contributed by atoms with van der Waals surface area (Å²) in [6.45, 7) is 4.29. The summed E-state index contributed by atoms with van der Waals surface area (Å²) in [5, 5.41) is 20.4. The first-order chi connectivity index (χ1) is 13.8. The lowest BCUT2D eigenvalue weighted by Crippen LogP contribution is -2.44. The van der Waals surface area contributed by atoms with E-state index in [2.05, 4.69) is 56.4 Å². The molecule has 152 valence electrons. The van der Waals surface area contributed by atoms with Gasteiger partial charge in [-0.05, 0) is 59.4 Å². The van der Waals surface area contributed by atoms with Crippen LogP contribution in [0.4, 0.5) is 11.4 Å². The summed E-state index contributed by atoms with van der Waals surface area (Å²) in [5.74, 6) is -1.04. The highest BCUT2D eigenvalue weighted by molar-refractivity contribution is 9.10. The van der Waals surface area contributed by atoms with Gasteiger partial charge < -0.3 is 20.2 Å². The maximum Gasteiger partial charge on any atom is 0.337 e. The average Bonchev–Trinajstić information content (AvgIpc) is 2.69. The third-order valence-corrected chi connectivity index (χ3v) is 5.45. The number of hydrogen-bond acceptors (Lipinski definition) is 5. The molecule has 2 aromatic rings. The molecule has 6 nitrogen and oxygen atoms in total. The molecule has 0 radical (unpaired) electrons. The van der Waals surface area contributed by atoms with E-state index >= 15 is 0 Å². The number of hydrogen-bond donors (Lipinski definition) is 2. The number of thiocarbonyl (C=S) groups is 1. The highest BCUT2D eigenvalue weighted by Gasteiger charge is 2.14. The van der Waals surface area contributed by atoms with Crippen LogP contribution in [-0.2, 0) is 0 Å². The average molecular weight is 496 g/mol. The Labute approximate surface area is 188 Å². The molecule has 1 heterocycles.